The van der Waals surface area contributed by atoms with Gasteiger partial charge in [0.15, 0.2) is 0 Å². The summed E-state index contributed by atoms with van der Waals surface area (Å²) in [7, 11) is 0. The normalized spacial score (nSPS) is 16.6. The third-order valence-electron chi connectivity index (χ3n) is 4.29. The summed E-state index contributed by atoms with van der Waals surface area (Å²) in [6.45, 7) is 7.98. The molecule has 1 aliphatic rings. The molecule has 0 atom stereocenters. The van der Waals surface area contributed by atoms with Gasteiger partial charge < -0.3 is 15.3 Å². The summed E-state index contributed by atoms with van der Waals surface area (Å²) in [6.07, 6.45) is 3.48. The Labute approximate surface area is 133 Å². The first-order valence-electron chi connectivity index (χ1n) is 8.27. The van der Waals surface area contributed by atoms with Crippen LogP contribution in [0.15, 0.2) is 24.3 Å². The van der Waals surface area contributed by atoms with Crippen LogP contribution in [-0.2, 0) is 0 Å². The minimum atomic E-state index is -0.173. The summed E-state index contributed by atoms with van der Waals surface area (Å²) in [6, 6.07) is 7.77. The van der Waals surface area contributed by atoms with E-state index in [2.05, 4.69) is 31.0 Å². The third kappa shape index (κ3) is 4.47. The molecule has 1 aromatic rings. The maximum atomic E-state index is 12.3. The molecular weight excluding hydrogens is 276 g/mol. The molecule has 1 amide bonds. The number of hydrogen-bond donors (Lipinski definition) is 2. The lowest BCUT2D eigenvalue weighted by Crippen LogP contribution is -2.43. The average Bonchev–Trinajstić information content (AvgIpc) is 2.47. The fraction of sp³-hybridized carbons (Fsp3) is 0.611. The van der Waals surface area contributed by atoms with Gasteiger partial charge in [0.05, 0.1) is 6.10 Å². The number of aliphatic hydroxyl groups excluding tert-OH is 1. The van der Waals surface area contributed by atoms with Crippen LogP contribution in [0.3, 0.4) is 0 Å². The first-order chi connectivity index (χ1) is 10.4. The molecule has 0 spiro atoms. The Bertz CT molecular complexity index is 488. The van der Waals surface area contributed by atoms with Crippen molar-refractivity contribution >= 4 is 11.6 Å². The van der Waals surface area contributed by atoms with Crippen molar-refractivity contribution in [3.05, 3.63) is 29.8 Å². The number of nitrogens with one attached hydrogen (secondary N) is 1. The van der Waals surface area contributed by atoms with E-state index in [1.807, 2.05) is 24.3 Å². The number of piperidine rings is 1. The van der Waals surface area contributed by atoms with Crippen molar-refractivity contribution in [2.24, 2.45) is 0 Å². The minimum Gasteiger partial charge on any atom is -0.393 e. The van der Waals surface area contributed by atoms with Crippen molar-refractivity contribution < 1.29 is 9.90 Å². The third-order valence-corrected chi connectivity index (χ3v) is 4.29. The van der Waals surface area contributed by atoms with Crippen LogP contribution in [0.4, 0.5) is 5.69 Å². The van der Waals surface area contributed by atoms with E-state index in [0.717, 1.165) is 44.5 Å². The van der Waals surface area contributed by atoms with Gasteiger partial charge in [-0.05, 0) is 57.4 Å². The molecule has 1 saturated heterocycles. The van der Waals surface area contributed by atoms with Gasteiger partial charge in [-0.2, -0.15) is 0 Å². The monoisotopic (exact) mass is 304 g/mol. The zero-order valence-corrected chi connectivity index (χ0v) is 13.9. The lowest BCUT2D eigenvalue weighted by atomic mass is 9.98. The number of carbonyl (C=O) groups is 1. The SMILES string of the molecule is CCCC(C)(C)NC(=O)c1ccc(N2CCC(O)CC2)cc1. The Hall–Kier alpha value is -1.55. The van der Waals surface area contributed by atoms with Crippen LogP contribution in [0.2, 0.25) is 0 Å². The molecule has 1 heterocycles. The lowest BCUT2D eigenvalue weighted by molar-refractivity contribution is 0.0909. The van der Waals surface area contributed by atoms with Crippen LogP contribution < -0.4 is 10.2 Å². The van der Waals surface area contributed by atoms with E-state index in [4.69, 9.17) is 0 Å². The summed E-state index contributed by atoms with van der Waals surface area (Å²) in [5, 5.41) is 12.7. The molecule has 2 rings (SSSR count). The fourth-order valence-corrected chi connectivity index (χ4v) is 3.01. The first-order valence-corrected chi connectivity index (χ1v) is 8.27. The highest BCUT2D eigenvalue weighted by molar-refractivity contribution is 5.95. The smallest absolute Gasteiger partial charge is 0.251 e. The van der Waals surface area contributed by atoms with Gasteiger partial charge >= 0.3 is 0 Å². The van der Waals surface area contributed by atoms with Gasteiger partial charge in [0.2, 0.25) is 0 Å². The predicted octanol–water partition coefficient (Wildman–Crippen LogP) is 2.96. The number of anilines is 1. The standard InChI is InChI=1S/C18H28N2O2/c1-4-11-18(2,3)19-17(22)14-5-7-15(8-6-14)20-12-9-16(21)10-13-20/h5-8,16,21H,4,9-13H2,1-3H3,(H,19,22). The van der Waals surface area contributed by atoms with Gasteiger partial charge in [-0.25, -0.2) is 0 Å². The van der Waals surface area contributed by atoms with Crippen LogP contribution in [0.1, 0.15) is 56.8 Å². The van der Waals surface area contributed by atoms with E-state index < -0.39 is 0 Å². The number of amides is 1. The highest BCUT2D eigenvalue weighted by Gasteiger charge is 2.21. The Kier molecular flexibility index (Phi) is 5.46. The molecule has 1 aliphatic heterocycles. The second-order valence-electron chi connectivity index (χ2n) is 6.85. The average molecular weight is 304 g/mol. The molecule has 0 saturated carbocycles. The molecule has 0 radical (unpaired) electrons. The number of nitrogens with zero attached hydrogens (tertiary/aromatic N) is 1. The summed E-state index contributed by atoms with van der Waals surface area (Å²) < 4.78 is 0. The van der Waals surface area contributed by atoms with Crippen molar-refractivity contribution in [2.75, 3.05) is 18.0 Å². The number of aliphatic hydroxyl groups is 1. The topological polar surface area (TPSA) is 52.6 Å². The lowest BCUT2D eigenvalue weighted by Gasteiger charge is -2.31. The van der Waals surface area contributed by atoms with E-state index in [1.54, 1.807) is 0 Å². The van der Waals surface area contributed by atoms with Crippen LogP contribution in [0, 0.1) is 0 Å². The van der Waals surface area contributed by atoms with Crippen LogP contribution >= 0.6 is 0 Å². The van der Waals surface area contributed by atoms with Gasteiger partial charge in [-0.3, -0.25) is 4.79 Å². The zero-order chi connectivity index (χ0) is 16.2. The highest BCUT2D eigenvalue weighted by atomic mass is 16.3. The van der Waals surface area contributed by atoms with Crippen molar-refractivity contribution in [1.29, 1.82) is 0 Å². The van der Waals surface area contributed by atoms with Crippen molar-refractivity contribution in [2.45, 2.75) is 58.1 Å². The van der Waals surface area contributed by atoms with E-state index in [0.29, 0.717) is 5.56 Å². The summed E-state index contributed by atoms with van der Waals surface area (Å²) >= 11 is 0. The Morgan fingerprint density at radius 3 is 2.41 bits per heavy atom. The van der Waals surface area contributed by atoms with Gasteiger partial charge in [0.1, 0.15) is 0 Å². The van der Waals surface area contributed by atoms with E-state index in [1.165, 1.54) is 0 Å². The van der Waals surface area contributed by atoms with E-state index in [-0.39, 0.29) is 17.6 Å². The van der Waals surface area contributed by atoms with Gasteiger partial charge in [-0.15, -0.1) is 0 Å². The van der Waals surface area contributed by atoms with E-state index in [9.17, 15) is 9.90 Å². The molecule has 2 N–H and O–H groups in total. The molecule has 0 unspecified atom stereocenters. The maximum absolute atomic E-state index is 12.3. The maximum Gasteiger partial charge on any atom is 0.251 e. The van der Waals surface area contributed by atoms with Crippen LogP contribution in [0.25, 0.3) is 0 Å². The van der Waals surface area contributed by atoms with Gasteiger partial charge in [0, 0.05) is 29.9 Å². The molecule has 1 aromatic carbocycles. The number of rotatable bonds is 5. The number of benzene rings is 1. The summed E-state index contributed by atoms with van der Waals surface area (Å²) in [4.78, 5) is 14.6. The molecule has 4 nitrogen and oxygen atoms in total. The second-order valence-corrected chi connectivity index (χ2v) is 6.85. The molecule has 122 valence electrons. The molecular formula is C18H28N2O2. The van der Waals surface area contributed by atoms with Crippen molar-refractivity contribution in [3.8, 4) is 0 Å². The largest absolute Gasteiger partial charge is 0.393 e. The highest BCUT2D eigenvalue weighted by Crippen LogP contribution is 2.21. The summed E-state index contributed by atoms with van der Waals surface area (Å²) in [5.74, 6) is -0.0148. The van der Waals surface area contributed by atoms with Gasteiger partial charge in [0.25, 0.3) is 5.91 Å². The first kappa shape index (κ1) is 16.8. The van der Waals surface area contributed by atoms with Gasteiger partial charge in [-0.1, -0.05) is 13.3 Å². The molecule has 0 aromatic heterocycles. The molecule has 0 aliphatic carbocycles. The van der Waals surface area contributed by atoms with Crippen LogP contribution in [0.5, 0.6) is 0 Å². The summed E-state index contributed by atoms with van der Waals surface area (Å²) in [5.41, 5.74) is 1.65. The van der Waals surface area contributed by atoms with Crippen molar-refractivity contribution in [3.63, 3.8) is 0 Å². The van der Waals surface area contributed by atoms with Crippen LogP contribution in [-0.4, -0.2) is 35.7 Å². The molecule has 22 heavy (non-hydrogen) atoms. The zero-order valence-electron chi connectivity index (χ0n) is 13.9. The predicted molar refractivity (Wildman–Crippen MR) is 90.3 cm³/mol. The second kappa shape index (κ2) is 7.14. The minimum absolute atomic E-state index is 0.0148. The Morgan fingerprint density at radius 2 is 1.86 bits per heavy atom. The Balaban J connectivity index is 1.98. The number of hydrogen-bond acceptors (Lipinski definition) is 3. The molecule has 1 fully saturated rings. The molecule has 0 bridgehead atoms. The fourth-order valence-electron chi connectivity index (χ4n) is 3.01. The quantitative estimate of drug-likeness (QED) is 0.879. The molecule has 4 heteroatoms. The number of carbonyl (C=O) groups excluding carboxylic acids is 1. The van der Waals surface area contributed by atoms with Crippen molar-refractivity contribution in [1.82, 2.24) is 5.32 Å². The van der Waals surface area contributed by atoms with E-state index >= 15 is 0 Å². The Morgan fingerprint density at radius 1 is 1.27 bits per heavy atom.